The van der Waals surface area contributed by atoms with E-state index >= 15 is 0 Å². The molecule has 7 rings (SSSR count). The maximum atomic E-state index is 5.27. The first kappa shape index (κ1) is 78.6. The molecule has 0 radical (unpaired) electrons. The summed E-state index contributed by atoms with van der Waals surface area (Å²) in [5.41, 5.74) is 16.7. The number of unbranched alkanes of at least 4 members (excludes halogenated alkanes) is 56. The largest absolute Gasteiger partial charge is 0.173 e. The maximum absolute atomic E-state index is 5.27. The third-order valence-corrected chi connectivity index (χ3v) is 24.5. The number of hydrogen-bond acceptors (Lipinski definition) is 6. The van der Waals surface area contributed by atoms with Crippen molar-refractivity contribution in [1.82, 2.24) is 17.5 Å². The summed E-state index contributed by atoms with van der Waals surface area (Å²) in [6.07, 6.45) is 89.3. The lowest BCUT2D eigenvalue weighted by molar-refractivity contribution is 0.393. The molecule has 2 aliphatic rings. The third-order valence-electron chi connectivity index (χ3n) is 23.4. The number of benzene rings is 3. The van der Waals surface area contributed by atoms with Gasteiger partial charge in [-0.15, -0.1) is 0 Å². The zero-order chi connectivity index (χ0) is 65.7. The summed E-state index contributed by atoms with van der Waals surface area (Å²) in [7, 11) is 0. The first-order chi connectivity index (χ1) is 46.6. The normalized spacial score (nSPS) is 13.7. The maximum Gasteiger partial charge on any atom is 0.112 e. The van der Waals surface area contributed by atoms with Crippen molar-refractivity contribution in [1.29, 1.82) is 0 Å². The second kappa shape index (κ2) is 48.9. The highest BCUT2D eigenvalue weighted by molar-refractivity contribution is 7.00. The summed E-state index contributed by atoms with van der Waals surface area (Å²) < 4.78 is 20.5. The Balaban J connectivity index is 1.09. The van der Waals surface area contributed by atoms with Crippen LogP contribution in [0.4, 0.5) is 0 Å². The van der Waals surface area contributed by atoms with Gasteiger partial charge in [0.15, 0.2) is 0 Å². The van der Waals surface area contributed by atoms with Gasteiger partial charge in [-0.05, 0) is 83.3 Å². The van der Waals surface area contributed by atoms with Gasteiger partial charge in [0.1, 0.15) is 22.1 Å². The minimum absolute atomic E-state index is 0.0350. The molecule has 0 aliphatic heterocycles. The molecule has 94 heavy (non-hydrogen) atoms. The lowest BCUT2D eigenvalue weighted by Crippen LogP contribution is -2.27. The summed E-state index contributed by atoms with van der Waals surface area (Å²) in [4.78, 5) is 0. The van der Waals surface area contributed by atoms with E-state index < -0.39 is 0 Å². The summed E-state index contributed by atoms with van der Waals surface area (Å²) in [6, 6.07) is 15.5. The number of nitrogens with zero attached hydrogens (tertiary/aromatic N) is 4. The van der Waals surface area contributed by atoms with Gasteiger partial charge in [-0.3, -0.25) is 0 Å². The van der Waals surface area contributed by atoms with Gasteiger partial charge in [-0.1, -0.05) is 425 Å². The van der Waals surface area contributed by atoms with Crippen molar-refractivity contribution in [3.8, 4) is 22.3 Å². The Labute approximate surface area is 589 Å². The fourth-order valence-corrected chi connectivity index (χ4v) is 18.7. The summed E-state index contributed by atoms with van der Waals surface area (Å²) >= 11 is 2.86. The fraction of sp³-hybridized carbons (Fsp3) is 0.795. The van der Waals surface area contributed by atoms with Gasteiger partial charge in [0, 0.05) is 22.0 Å². The molecule has 0 atom stereocenters. The highest BCUT2D eigenvalue weighted by Crippen LogP contribution is 2.62. The van der Waals surface area contributed by atoms with E-state index in [1.54, 1.807) is 22.3 Å². The molecule has 0 unspecified atom stereocenters. The Morgan fingerprint density at radius 3 is 0.617 bits per heavy atom. The molecule has 2 aromatic heterocycles. The molecule has 4 nitrogen and oxygen atoms in total. The van der Waals surface area contributed by atoms with E-state index in [4.69, 9.17) is 17.5 Å². The van der Waals surface area contributed by atoms with Crippen LogP contribution >= 0.6 is 23.5 Å². The molecule has 2 aliphatic carbocycles. The van der Waals surface area contributed by atoms with Crippen LogP contribution in [0, 0.1) is 0 Å². The molecular formula is C88H146N4S2. The average molecular weight is 1320 g/mol. The van der Waals surface area contributed by atoms with Crippen molar-refractivity contribution in [2.75, 3.05) is 0 Å². The predicted octanol–water partition coefficient (Wildman–Crippen LogP) is 31.3. The Bertz CT molecular complexity index is 2430. The number of fused-ring (bicyclic) bond motifs is 10. The summed E-state index contributed by atoms with van der Waals surface area (Å²) in [5, 5.41) is 0. The predicted molar refractivity (Wildman–Crippen MR) is 419 cm³/mol. The van der Waals surface area contributed by atoms with Crippen molar-refractivity contribution in [2.24, 2.45) is 0 Å². The molecule has 0 saturated carbocycles. The molecule has 2 heterocycles. The standard InChI is InChI=1S/C88H146N4S2/c1-5-9-13-17-21-25-29-33-37-41-45-49-53-57-61-69-87(70-62-58-54-50-46-42-38-34-30-26-22-18-14-10-6-2)77-65-67-81-85(91-93-89-81)83(77)75-74-80-76(73-79(75)87)84-78(66-68-82-86(84)92-94-90-82)88(80,71-63-59-55-51-47-43-39-35-31-27-23-19-15-11-7-3)72-64-60-56-52-48-44-40-36-32-28-24-20-16-12-8-4/h65-68,73-74H,5-64,69-72H2,1-4H3. The Hall–Kier alpha value is -2.70. The minimum Gasteiger partial charge on any atom is -0.173 e. The molecule has 6 heteroatoms. The van der Waals surface area contributed by atoms with Gasteiger partial charge in [0.2, 0.25) is 0 Å². The van der Waals surface area contributed by atoms with E-state index in [1.807, 2.05) is 0 Å². The highest BCUT2D eigenvalue weighted by Gasteiger charge is 2.49. The van der Waals surface area contributed by atoms with Crippen molar-refractivity contribution in [2.45, 2.75) is 449 Å². The molecular weight excluding hydrogens is 1180 g/mol. The summed E-state index contributed by atoms with van der Waals surface area (Å²) in [5.74, 6) is 0. The fourth-order valence-electron chi connectivity index (χ4n) is 17.7. The van der Waals surface area contributed by atoms with E-state index in [0.717, 1.165) is 22.1 Å². The number of rotatable bonds is 64. The first-order valence-electron chi connectivity index (χ1n) is 42.3. The lowest BCUT2D eigenvalue weighted by atomic mass is 9.68. The molecule has 530 valence electrons. The van der Waals surface area contributed by atoms with Gasteiger partial charge < -0.3 is 0 Å². The second-order valence-electron chi connectivity index (χ2n) is 31.1. The quantitative estimate of drug-likeness (QED) is 0.0364. The molecule has 0 fully saturated rings. The molecule has 0 amide bonds. The van der Waals surface area contributed by atoms with Crippen LogP contribution in [0.25, 0.3) is 44.3 Å². The van der Waals surface area contributed by atoms with Gasteiger partial charge in [0.25, 0.3) is 0 Å². The molecule has 0 bridgehead atoms. The smallest absolute Gasteiger partial charge is 0.112 e. The van der Waals surface area contributed by atoms with Crippen LogP contribution in [0.5, 0.6) is 0 Å². The van der Waals surface area contributed by atoms with Crippen molar-refractivity contribution in [3.05, 3.63) is 58.7 Å². The van der Waals surface area contributed by atoms with Crippen LogP contribution in [0.3, 0.4) is 0 Å². The van der Waals surface area contributed by atoms with E-state index in [2.05, 4.69) is 64.1 Å². The number of hydrogen-bond donors (Lipinski definition) is 0. The zero-order valence-corrected chi connectivity index (χ0v) is 64.0. The zero-order valence-electron chi connectivity index (χ0n) is 62.3. The van der Waals surface area contributed by atoms with E-state index in [9.17, 15) is 0 Å². The molecule has 0 spiro atoms. The summed E-state index contributed by atoms with van der Waals surface area (Å²) in [6.45, 7) is 9.32. The average Bonchev–Trinajstić information content (AvgIpc) is 1.52. The molecule has 5 aromatic rings. The third kappa shape index (κ3) is 26.1. The Morgan fingerprint density at radius 2 is 0.415 bits per heavy atom. The van der Waals surface area contributed by atoms with Crippen LogP contribution in [-0.4, -0.2) is 17.5 Å². The van der Waals surface area contributed by atoms with Gasteiger partial charge in [-0.2, -0.15) is 17.5 Å². The van der Waals surface area contributed by atoms with Crippen molar-refractivity contribution >= 4 is 45.5 Å². The monoisotopic (exact) mass is 1320 g/mol. The lowest BCUT2D eigenvalue weighted by Gasteiger charge is -2.35. The van der Waals surface area contributed by atoms with Crippen molar-refractivity contribution in [3.63, 3.8) is 0 Å². The SMILES string of the molecule is CCCCCCCCCCCCCCCCCC1(CCCCCCCCCCCCCCCCC)c2cc3c(cc2-c2c1ccc1nsnc21)C(CCCCCCCCCCCCCCCCC)(CCCCCCCCCCCCCCCCC)c1ccc2nsnc2c1-3. The molecule has 0 N–H and O–H groups in total. The minimum atomic E-state index is -0.0350. The highest BCUT2D eigenvalue weighted by atomic mass is 32.1. The molecule has 0 saturated heterocycles. The first-order valence-corrected chi connectivity index (χ1v) is 43.8. The Kier molecular flexibility index (Phi) is 40.9. The topological polar surface area (TPSA) is 51.6 Å². The van der Waals surface area contributed by atoms with Crippen molar-refractivity contribution < 1.29 is 0 Å². The van der Waals surface area contributed by atoms with Gasteiger partial charge in [0.05, 0.1) is 23.5 Å². The van der Waals surface area contributed by atoms with E-state index in [1.165, 1.54) is 457 Å². The van der Waals surface area contributed by atoms with Crippen LogP contribution in [-0.2, 0) is 10.8 Å². The van der Waals surface area contributed by atoms with Gasteiger partial charge in [-0.25, -0.2) is 0 Å². The van der Waals surface area contributed by atoms with E-state index in [0.29, 0.717) is 0 Å². The van der Waals surface area contributed by atoms with E-state index in [-0.39, 0.29) is 10.8 Å². The Morgan fingerprint density at radius 1 is 0.223 bits per heavy atom. The van der Waals surface area contributed by atoms with Crippen LogP contribution in [0.1, 0.15) is 461 Å². The van der Waals surface area contributed by atoms with Crippen LogP contribution < -0.4 is 0 Å². The number of aromatic nitrogens is 4. The van der Waals surface area contributed by atoms with Gasteiger partial charge >= 0.3 is 0 Å². The molecule has 3 aromatic carbocycles. The second-order valence-corrected chi connectivity index (χ2v) is 32.2. The van der Waals surface area contributed by atoms with Crippen LogP contribution in [0.2, 0.25) is 0 Å². The van der Waals surface area contributed by atoms with Crippen LogP contribution in [0.15, 0.2) is 36.4 Å².